The van der Waals surface area contributed by atoms with Crippen molar-refractivity contribution in [1.82, 2.24) is 0 Å². The number of benzene rings is 1. The van der Waals surface area contributed by atoms with Crippen LogP contribution in [0.5, 0.6) is 0 Å². The average Bonchev–Trinajstić information content (AvgIpc) is 2.44. The second kappa shape index (κ2) is 8.97. The number of hydrogen-bond acceptors (Lipinski definition) is 8. The standard InChI is InChI=1S/C12H14O8S4/c13-11(21-5-7-23(15,16)17)9-1-2-10(4-3-9)12(14)22-6-8-24(18,19)20/h1-4H,5-8H2,(H,15,16,17)(H,18,19,20). The molecule has 12 heteroatoms. The van der Waals surface area contributed by atoms with Crippen molar-refractivity contribution < 1.29 is 35.5 Å². The molecule has 0 aromatic heterocycles. The van der Waals surface area contributed by atoms with E-state index < -0.39 is 42.0 Å². The predicted molar refractivity (Wildman–Crippen MR) is 92.9 cm³/mol. The van der Waals surface area contributed by atoms with Crippen LogP contribution in [-0.2, 0) is 20.2 Å². The molecule has 0 aliphatic heterocycles. The van der Waals surface area contributed by atoms with E-state index in [0.717, 1.165) is 23.5 Å². The van der Waals surface area contributed by atoms with Crippen LogP contribution in [0, 0.1) is 0 Å². The number of thioether (sulfide) groups is 2. The maximum atomic E-state index is 11.8. The van der Waals surface area contributed by atoms with Gasteiger partial charge in [0.2, 0.25) is 10.2 Å². The first-order valence-electron chi connectivity index (χ1n) is 6.32. The molecule has 0 saturated heterocycles. The third kappa shape index (κ3) is 8.80. The Morgan fingerprint density at radius 1 is 0.750 bits per heavy atom. The predicted octanol–water partition coefficient (Wildman–Crippen LogP) is 1.21. The number of carbonyl (C=O) groups is 2. The van der Waals surface area contributed by atoms with Crippen LogP contribution in [0.2, 0.25) is 0 Å². The summed E-state index contributed by atoms with van der Waals surface area (Å²) in [5.41, 5.74) is 0.518. The van der Waals surface area contributed by atoms with Crippen molar-refractivity contribution in [2.24, 2.45) is 0 Å². The molecule has 0 radical (unpaired) electrons. The Labute approximate surface area is 147 Å². The molecule has 1 aromatic rings. The van der Waals surface area contributed by atoms with Crippen LogP contribution in [0.15, 0.2) is 24.3 Å². The Morgan fingerprint density at radius 3 is 1.29 bits per heavy atom. The molecular weight excluding hydrogens is 400 g/mol. The molecule has 0 aliphatic rings. The Balaban J connectivity index is 2.55. The van der Waals surface area contributed by atoms with Crippen molar-refractivity contribution >= 4 is 54.0 Å². The first-order valence-corrected chi connectivity index (χ1v) is 11.5. The summed E-state index contributed by atoms with van der Waals surface area (Å²) in [7, 11) is -8.24. The highest BCUT2D eigenvalue weighted by atomic mass is 32.2. The highest BCUT2D eigenvalue weighted by Gasteiger charge is 2.13. The highest BCUT2D eigenvalue weighted by molar-refractivity contribution is 8.14. The fraction of sp³-hybridized carbons (Fsp3) is 0.333. The van der Waals surface area contributed by atoms with Crippen LogP contribution in [0.1, 0.15) is 20.7 Å². The summed E-state index contributed by atoms with van der Waals surface area (Å²) in [5.74, 6) is -1.26. The molecule has 0 spiro atoms. The Morgan fingerprint density at radius 2 is 1.04 bits per heavy atom. The quantitative estimate of drug-likeness (QED) is 0.596. The molecule has 24 heavy (non-hydrogen) atoms. The third-order valence-corrected chi connectivity index (χ3v) is 6.27. The third-order valence-electron chi connectivity index (χ3n) is 2.51. The summed E-state index contributed by atoms with van der Waals surface area (Å²) >= 11 is 1.45. The fourth-order valence-corrected chi connectivity index (χ4v) is 4.72. The van der Waals surface area contributed by atoms with Gasteiger partial charge in [-0.15, -0.1) is 0 Å². The van der Waals surface area contributed by atoms with E-state index in [-0.39, 0.29) is 22.6 Å². The van der Waals surface area contributed by atoms with Gasteiger partial charge in [0.1, 0.15) is 0 Å². The van der Waals surface area contributed by atoms with Gasteiger partial charge in [-0.3, -0.25) is 18.7 Å². The lowest BCUT2D eigenvalue weighted by Gasteiger charge is -2.03. The Bertz CT molecular complexity index is 727. The number of hydrogen-bond donors (Lipinski definition) is 2. The molecule has 2 N–H and O–H groups in total. The summed E-state index contributed by atoms with van der Waals surface area (Å²) in [6.07, 6.45) is 0. The van der Waals surface area contributed by atoms with Crippen LogP contribution in [0.25, 0.3) is 0 Å². The van der Waals surface area contributed by atoms with Crippen LogP contribution in [0.3, 0.4) is 0 Å². The van der Waals surface area contributed by atoms with E-state index in [9.17, 15) is 26.4 Å². The van der Waals surface area contributed by atoms with Crippen molar-refractivity contribution in [3.8, 4) is 0 Å². The zero-order valence-electron chi connectivity index (χ0n) is 12.1. The molecule has 0 bridgehead atoms. The maximum absolute atomic E-state index is 11.8. The molecule has 0 amide bonds. The minimum atomic E-state index is -4.12. The SMILES string of the molecule is O=C(SCCS(=O)(=O)O)c1ccc(C(=O)SCCS(=O)(=O)O)cc1. The van der Waals surface area contributed by atoms with E-state index in [1.165, 1.54) is 24.3 Å². The van der Waals surface area contributed by atoms with Gasteiger partial charge in [0.15, 0.2) is 0 Å². The highest BCUT2D eigenvalue weighted by Crippen LogP contribution is 2.17. The monoisotopic (exact) mass is 414 g/mol. The first kappa shape index (κ1) is 21.1. The van der Waals surface area contributed by atoms with E-state index in [1.54, 1.807) is 0 Å². The molecule has 134 valence electrons. The van der Waals surface area contributed by atoms with Crippen LogP contribution < -0.4 is 0 Å². The second-order valence-corrected chi connectivity index (χ2v) is 9.70. The summed E-state index contributed by atoms with van der Waals surface area (Å²) in [6, 6.07) is 5.55. The van der Waals surface area contributed by atoms with Gasteiger partial charge in [-0.05, 0) is 24.3 Å². The summed E-state index contributed by atoms with van der Waals surface area (Å²) < 4.78 is 59.4. The summed E-state index contributed by atoms with van der Waals surface area (Å²) in [6.45, 7) is 0. The van der Waals surface area contributed by atoms with E-state index in [2.05, 4.69) is 0 Å². The van der Waals surface area contributed by atoms with Gasteiger partial charge >= 0.3 is 0 Å². The first-order chi connectivity index (χ1) is 11.0. The van der Waals surface area contributed by atoms with Gasteiger partial charge in [-0.2, -0.15) is 16.8 Å². The van der Waals surface area contributed by atoms with Gasteiger partial charge in [-0.25, -0.2) is 0 Å². The van der Waals surface area contributed by atoms with Gasteiger partial charge in [-0.1, -0.05) is 23.5 Å². The summed E-state index contributed by atoms with van der Waals surface area (Å²) in [4.78, 5) is 23.6. The second-order valence-electron chi connectivity index (χ2n) is 4.42. The smallest absolute Gasteiger partial charge is 0.265 e. The van der Waals surface area contributed by atoms with Crippen molar-refractivity contribution in [3.63, 3.8) is 0 Å². The number of carbonyl (C=O) groups excluding carboxylic acids is 2. The summed E-state index contributed by atoms with van der Waals surface area (Å²) in [5, 5.41) is -0.812. The zero-order valence-corrected chi connectivity index (χ0v) is 15.4. The van der Waals surface area contributed by atoms with Crippen LogP contribution in [-0.4, -0.2) is 59.2 Å². The molecule has 0 atom stereocenters. The molecule has 0 heterocycles. The lowest BCUT2D eigenvalue weighted by Crippen LogP contribution is -2.08. The average molecular weight is 415 g/mol. The van der Waals surface area contributed by atoms with Gasteiger partial charge in [0.25, 0.3) is 20.2 Å². The van der Waals surface area contributed by atoms with Gasteiger partial charge < -0.3 is 0 Å². The minimum Gasteiger partial charge on any atom is -0.286 e. The van der Waals surface area contributed by atoms with E-state index in [0.29, 0.717) is 0 Å². The van der Waals surface area contributed by atoms with Crippen LogP contribution >= 0.6 is 23.5 Å². The number of rotatable bonds is 8. The van der Waals surface area contributed by atoms with Gasteiger partial charge in [0.05, 0.1) is 11.5 Å². The zero-order chi connectivity index (χ0) is 18.4. The van der Waals surface area contributed by atoms with Gasteiger partial charge in [0, 0.05) is 22.6 Å². The largest absolute Gasteiger partial charge is 0.286 e. The topological polar surface area (TPSA) is 143 Å². The minimum absolute atomic E-state index is 0.0934. The fourth-order valence-electron chi connectivity index (χ4n) is 1.39. The molecule has 0 saturated carbocycles. The van der Waals surface area contributed by atoms with Crippen molar-refractivity contribution in [3.05, 3.63) is 35.4 Å². The maximum Gasteiger partial charge on any atom is 0.265 e. The lowest BCUT2D eigenvalue weighted by atomic mass is 10.2. The molecule has 0 unspecified atom stereocenters. The molecule has 0 fully saturated rings. The molecular formula is C12H14O8S4. The van der Waals surface area contributed by atoms with E-state index in [4.69, 9.17) is 9.11 Å². The molecule has 0 aliphatic carbocycles. The lowest BCUT2D eigenvalue weighted by molar-refractivity contribution is 0.107. The van der Waals surface area contributed by atoms with E-state index >= 15 is 0 Å². The van der Waals surface area contributed by atoms with Crippen molar-refractivity contribution in [2.75, 3.05) is 23.0 Å². The van der Waals surface area contributed by atoms with E-state index in [1.807, 2.05) is 0 Å². The Kier molecular flexibility index (Phi) is 7.89. The van der Waals surface area contributed by atoms with Crippen molar-refractivity contribution in [1.29, 1.82) is 0 Å². The molecule has 1 aromatic carbocycles. The normalized spacial score (nSPS) is 12.1. The van der Waals surface area contributed by atoms with Crippen molar-refractivity contribution in [2.45, 2.75) is 0 Å². The Hall–Kier alpha value is -0.920. The molecule has 1 rings (SSSR count). The van der Waals surface area contributed by atoms with Crippen LogP contribution in [0.4, 0.5) is 0 Å². The molecule has 8 nitrogen and oxygen atoms in total.